The van der Waals surface area contributed by atoms with Crippen LogP contribution >= 0.6 is 0 Å². The second kappa shape index (κ2) is 8.63. The number of aliphatic hydroxyl groups excluding tert-OH is 1. The molecule has 25 heavy (non-hydrogen) atoms. The molecule has 0 aliphatic carbocycles. The summed E-state index contributed by atoms with van der Waals surface area (Å²) in [6.45, 7) is 10.3. The molecule has 2 aromatic rings. The lowest BCUT2D eigenvalue weighted by Gasteiger charge is -2.38. The summed E-state index contributed by atoms with van der Waals surface area (Å²) in [7, 11) is -1.39. The summed E-state index contributed by atoms with van der Waals surface area (Å²) in [6, 6.07) is 11.2. The van der Waals surface area contributed by atoms with Gasteiger partial charge < -0.3 is 9.52 Å². The molecule has 0 saturated carbocycles. The van der Waals surface area contributed by atoms with E-state index in [0.29, 0.717) is 17.1 Å². The number of hydrogen-bond donors (Lipinski definition) is 1. The molecule has 1 N–H and O–H groups in total. The molecule has 0 amide bonds. The van der Waals surface area contributed by atoms with Gasteiger partial charge in [-0.15, -0.1) is 0 Å². The average Bonchev–Trinajstić information content (AvgIpc) is 3.16. The summed E-state index contributed by atoms with van der Waals surface area (Å²) in [4.78, 5) is 1.28. The van der Waals surface area contributed by atoms with Gasteiger partial charge in [-0.3, -0.25) is 0 Å². The number of rotatable bonds is 9. The SMILES string of the molecule is C=C(S(=O)c1ccc(C)cc1)[C@](CC)(CCCC)[C@H](O)c1ccco1. The van der Waals surface area contributed by atoms with E-state index in [1.807, 2.05) is 38.1 Å². The number of aryl methyl sites for hydroxylation is 1. The van der Waals surface area contributed by atoms with Crippen molar-refractivity contribution in [1.82, 2.24) is 0 Å². The van der Waals surface area contributed by atoms with E-state index in [0.717, 1.165) is 29.7 Å². The molecule has 3 atom stereocenters. The van der Waals surface area contributed by atoms with Gasteiger partial charge in [-0.2, -0.15) is 0 Å². The monoisotopic (exact) mass is 360 g/mol. The smallest absolute Gasteiger partial charge is 0.133 e. The summed E-state index contributed by atoms with van der Waals surface area (Å²) in [6.07, 6.45) is 3.98. The van der Waals surface area contributed by atoms with Crippen LogP contribution in [0.25, 0.3) is 0 Å². The maximum Gasteiger partial charge on any atom is 0.133 e. The van der Waals surface area contributed by atoms with Crippen LogP contribution < -0.4 is 0 Å². The topological polar surface area (TPSA) is 50.4 Å². The number of benzene rings is 1. The Morgan fingerprint density at radius 1 is 1.28 bits per heavy atom. The molecule has 4 heteroatoms. The maximum atomic E-state index is 13.2. The predicted molar refractivity (Wildman–Crippen MR) is 103 cm³/mol. The fourth-order valence-electron chi connectivity index (χ4n) is 3.20. The van der Waals surface area contributed by atoms with Crippen molar-refractivity contribution >= 4 is 10.8 Å². The normalized spacial score (nSPS) is 16.2. The molecule has 0 spiro atoms. The van der Waals surface area contributed by atoms with Crippen molar-refractivity contribution in [3.05, 3.63) is 65.5 Å². The Bertz CT molecular complexity index is 703. The molecule has 3 nitrogen and oxygen atoms in total. The summed E-state index contributed by atoms with van der Waals surface area (Å²) in [5, 5.41) is 11.1. The molecule has 2 rings (SSSR count). The summed E-state index contributed by atoms with van der Waals surface area (Å²) in [5.74, 6) is 0.500. The highest BCUT2D eigenvalue weighted by molar-refractivity contribution is 7.89. The lowest BCUT2D eigenvalue weighted by molar-refractivity contribution is 0.0263. The molecule has 0 fully saturated rings. The molecule has 0 saturated heterocycles. The third kappa shape index (κ3) is 4.13. The highest BCUT2D eigenvalue weighted by Gasteiger charge is 2.43. The van der Waals surface area contributed by atoms with Crippen molar-refractivity contribution in [3.8, 4) is 0 Å². The fourth-order valence-corrected chi connectivity index (χ4v) is 4.59. The van der Waals surface area contributed by atoms with Gasteiger partial charge in [-0.05, 0) is 44.0 Å². The molecule has 0 radical (unpaired) electrons. The van der Waals surface area contributed by atoms with Crippen molar-refractivity contribution in [2.24, 2.45) is 5.41 Å². The van der Waals surface area contributed by atoms with Crippen LogP contribution in [-0.4, -0.2) is 9.32 Å². The lowest BCUT2D eigenvalue weighted by Crippen LogP contribution is -2.32. The van der Waals surface area contributed by atoms with Crippen LogP contribution in [0.5, 0.6) is 0 Å². The molecule has 1 unspecified atom stereocenters. The zero-order chi connectivity index (χ0) is 18.4. The second-order valence-corrected chi connectivity index (χ2v) is 8.04. The van der Waals surface area contributed by atoms with Crippen LogP contribution in [0.4, 0.5) is 0 Å². The third-order valence-electron chi connectivity index (χ3n) is 4.96. The van der Waals surface area contributed by atoms with Gasteiger partial charge in [-0.25, -0.2) is 4.21 Å². The molecule has 1 aromatic carbocycles. The van der Waals surface area contributed by atoms with Gasteiger partial charge in [0.2, 0.25) is 0 Å². The van der Waals surface area contributed by atoms with E-state index < -0.39 is 22.3 Å². The molecular weight excluding hydrogens is 332 g/mol. The van der Waals surface area contributed by atoms with Crippen LogP contribution in [0.2, 0.25) is 0 Å². The van der Waals surface area contributed by atoms with E-state index in [4.69, 9.17) is 4.42 Å². The molecule has 136 valence electrons. The molecule has 1 aromatic heterocycles. The molecular formula is C21H28O3S. The Labute approximate surface area is 153 Å². The predicted octanol–water partition coefficient (Wildman–Crippen LogP) is 5.53. The van der Waals surface area contributed by atoms with Gasteiger partial charge in [-0.1, -0.05) is 51.0 Å². The summed E-state index contributed by atoms with van der Waals surface area (Å²) in [5.41, 5.74) is 0.443. The van der Waals surface area contributed by atoms with E-state index in [-0.39, 0.29) is 0 Å². The summed E-state index contributed by atoms with van der Waals surface area (Å²) < 4.78 is 18.6. The van der Waals surface area contributed by atoms with Crippen molar-refractivity contribution in [1.29, 1.82) is 0 Å². The van der Waals surface area contributed by atoms with Crippen molar-refractivity contribution in [3.63, 3.8) is 0 Å². The van der Waals surface area contributed by atoms with E-state index in [2.05, 4.69) is 13.5 Å². The van der Waals surface area contributed by atoms with E-state index in [1.165, 1.54) is 0 Å². The van der Waals surface area contributed by atoms with Crippen LogP contribution in [0.1, 0.15) is 57.0 Å². The van der Waals surface area contributed by atoms with Gasteiger partial charge in [0, 0.05) is 15.2 Å². The Morgan fingerprint density at radius 3 is 2.48 bits per heavy atom. The highest BCUT2D eigenvalue weighted by atomic mass is 32.2. The van der Waals surface area contributed by atoms with Crippen molar-refractivity contribution < 1.29 is 13.7 Å². The largest absolute Gasteiger partial charge is 0.467 e. The first-order chi connectivity index (χ1) is 12.0. The Balaban J connectivity index is 2.40. The Morgan fingerprint density at radius 2 is 1.96 bits per heavy atom. The van der Waals surface area contributed by atoms with Crippen LogP contribution in [0, 0.1) is 12.3 Å². The Hall–Kier alpha value is -1.65. The average molecular weight is 361 g/mol. The van der Waals surface area contributed by atoms with Gasteiger partial charge in [0.15, 0.2) is 0 Å². The zero-order valence-electron chi connectivity index (χ0n) is 15.3. The molecule has 1 heterocycles. The van der Waals surface area contributed by atoms with Gasteiger partial charge in [0.1, 0.15) is 11.9 Å². The highest BCUT2D eigenvalue weighted by Crippen LogP contribution is 2.49. The number of aliphatic hydroxyl groups is 1. The fraction of sp³-hybridized carbons (Fsp3) is 0.429. The van der Waals surface area contributed by atoms with Gasteiger partial charge in [0.25, 0.3) is 0 Å². The first-order valence-electron chi connectivity index (χ1n) is 8.85. The van der Waals surface area contributed by atoms with E-state index in [9.17, 15) is 9.32 Å². The minimum atomic E-state index is -1.39. The molecule has 0 aliphatic heterocycles. The van der Waals surface area contributed by atoms with Crippen molar-refractivity contribution in [2.75, 3.05) is 0 Å². The summed E-state index contributed by atoms with van der Waals surface area (Å²) >= 11 is 0. The zero-order valence-corrected chi connectivity index (χ0v) is 16.1. The van der Waals surface area contributed by atoms with Crippen LogP contribution in [-0.2, 0) is 10.8 Å². The maximum absolute atomic E-state index is 13.2. The van der Waals surface area contributed by atoms with E-state index in [1.54, 1.807) is 18.4 Å². The first-order valence-corrected chi connectivity index (χ1v) is 10.0. The number of furan rings is 1. The second-order valence-electron chi connectivity index (χ2n) is 6.54. The van der Waals surface area contributed by atoms with Gasteiger partial charge >= 0.3 is 0 Å². The number of hydrogen-bond acceptors (Lipinski definition) is 3. The third-order valence-corrected chi connectivity index (χ3v) is 6.51. The molecule has 0 bridgehead atoms. The quantitative estimate of drug-likeness (QED) is 0.639. The first kappa shape index (κ1) is 19.7. The van der Waals surface area contributed by atoms with Crippen LogP contribution in [0.3, 0.4) is 0 Å². The van der Waals surface area contributed by atoms with E-state index >= 15 is 0 Å². The minimum Gasteiger partial charge on any atom is -0.467 e. The van der Waals surface area contributed by atoms with Crippen LogP contribution in [0.15, 0.2) is 63.5 Å². The molecule has 0 aliphatic rings. The van der Waals surface area contributed by atoms with Gasteiger partial charge in [0.05, 0.1) is 17.1 Å². The number of unbranched alkanes of at least 4 members (excludes halogenated alkanes) is 1. The standard InChI is InChI=1S/C21H28O3S/c1-5-7-14-21(6-2,20(22)19-9-8-15-24-19)17(4)25(23)18-12-10-16(3)11-13-18/h8-13,15,20,22H,4-7,14H2,1-3H3/t20-,21+,25?/m1/s1. The minimum absolute atomic E-state index is 0.500. The van der Waals surface area contributed by atoms with Crippen molar-refractivity contribution in [2.45, 2.75) is 57.5 Å². The Kier molecular flexibility index (Phi) is 6.79. The lowest BCUT2D eigenvalue weighted by atomic mass is 9.74.